The fourth-order valence-corrected chi connectivity index (χ4v) is 2.17. The topological polar surface area (TPSA) is 106 Å². The Labute approximate surface area is 145 Å². The minimum Gasteiger partial charge on any atom is -0.399 e. The number of pyridine rings is 1. The van der Waals surface area contributed by atoms with Crippen LogP contribution < -0.4 is 16.8 Å². The molecule has 0 radical (unpaired) electrons. The molecule has 0 aliphatic heterocycles. The molecular weight excluding hydrogens is 314 g/mol. The Kier molecular flexibility index (Phi) is 4.71. The molecule has 0 aliphatic rings. The number of hydrogen-bond acceptors (Lipinski definition) is 5. The van der Waals surface area contributed by atoms with E-state index in [2.05, 4.69) is 15.3 Å². The molecule has 5 N–H and O–H groups in total. The number of aliphatic imine (C=N–C) groups is 1. The molecule has 3 aromatic rings. The largest absolute Gasteiger partial charge is 0.399 e. The Morgan fingerprint density at radius 2 is 1.88 bits per heavy atom. The number of nitrogen functional groups attached to an aromatic ring is 2. The van der Waals surface area contributed by atoms with Gasteiger partial charge in [-0.1, -0.05) is 12.1 Å². The fraction of sp³-hybridized carbons (Fsp3) is 0. The van der Waals surface area contributed by atoms with E-state index in [9.17, 15) is 4.79 Å². The van der Waals surface area contributed by atoms with Crippen molar-refractivity contribution in [3.8, 4) is 0 Å². The zero-order valence-corrected chi connectivity index (χ0v) is 13.4. The van der Waals surface area contributed by atoms with Gasteiger partial charge in [-0.2, -0.15) is 0 Å². The lowest BCUT2D eigenvalue weighted by molar-refractivity contribution is 0.102. The number of anilines is 3. The van der Waals surface area contributed by atoms with Crippen molar-refractivity contribution < 1.29 is 4.79 Å². The lowest BCUT2D eigenvalue weighted by Gasteiger charge is -2.05. The second-order valence-electron chi connectivity index (χ2n) is 5.39. The molecule has 6 nitrogen and oxygen atoms in total. The van der Waals surface area contributed by atoms with Crippen molar-refractivity contribution in [2.24, 2.45) is 4.99 Å². The lowest BCUT2D eigenvalue weighted by atomic mass is 10.2. The van der Waals surface area contributed by atoms with Gasteiger partial charge in [-0.15, -0.1) is 0 Å². The maximum Gasteiger partial charge on any atom is 0.257 e. The smallest absolute Gasteiger partial charge is 0.257 e. The minimum atomic E-state index is -0.206. The van der Waals surface area contributed by atoms with Crippen LogP contribution in [0, 0.1) is 0 Å². The van der Waals surface area contributed by atoms with Crippen LogP contribution in [0.3, 0.4) is 0 Å². The molecular formula is C19H17N5O. The molecule has 0 fully saturated rings. The molecule has 0 saturated heterocycles. The zero-order valence-electron chi connectivity index (χ0n) is 13.4. The highest BCUT2D eigenvalue weighted by Gasteiger charge is 2.05. The van der Waals surface area contributed by atoms with Gasteiger partial charge in [-0.25, -0.2) is 0 Å². The number of carbonyl (C=O) groups is 1. The Balaban J connectivity index is 1.69. The molecule has 124 valence electrons. The average Bonchev–Trinajstić information content (AvgIpc) is 2.64. The van der Waals surface area contributed by atoms with Gasteiger partial charge in [0.2, 0.25) is 0 Å². The van der Waals surface area contributed by atoms with Crippen LogP contribution in [0.5, 0.6) is 0 Å². The fourth-order valence-electron chi connectivity index (χ4n) is 2.17. The van der Waals surface area contributed by atoms with Gasteiger partial charge in [0, 0.05) is 30.0 Å². The number of nitrogens with two attached hydrogens (primary N) is 2. The first-order valence-corrected chi connectivity index (χ1v) is 7.62. The predicted octanol–water partition coefficient (Wildman–Crippen LogP) is 3.25. The van der Waals surface area contributed by atoms with Gasteiger partial charge in [0.15, 0.2) is 0 Å². The molecule has 0 spiro atoms. The second-order valence-corrected chi connectivity index (χ2v) is 5.39. The highest BCUT2D eigenvalue weighted by molar-refractivity contribution is 6.04. The number of benzene rings is 2. The first kappa shape index (κ1) is 16.2. The summed E-state index contributed by atoms with van der Waals surface area (Å²) in [5, 5.41) is 2.82. The van der Waals surface area contributed by atoms with Gasteiger partial charge in [-0.05, 0) is 48.0 Å². The van der Waals surface area contributed by atoms with E-state index in [1.807, 2.05) is 12.1 Å². The van der Waals surface area contributed by atoms with Crippen LogP contribution in [0.25, 0.3) is 0 Å². The van der Waals surface area contributed by atoms with Crippen molar-refractivity contribution in [3.63, 3.8) is 0 Å². The Bertz CT molecular complexity index is 905. The summed E-state index contributed by atoms with van der Waals surface area (Å²) in [6, 6.07) is 15.9. The first-order valence-electron chi connectivity index (χ1n) is 7.62. The maximum absolute atomic E-state index is 12.1. The highest BCUT2D eigenvalue weighted by Crippen LogP contribution is 2.24. The van der Waals surface area contributed by atoms with E-state index < -0.39 is 0 Å². The molecule has 0 saturated carbocycles. The third-order valence-corrected chi connectivity index (χ3v) is 3.50. The van der Waals surface area contributed by atoms with Crippen molar-refractivity contribution in [1.82, 2.24) is 4.98 Å². The summed E-state index contributed by atoms with van der Waals surface area (Å²) in [5.74, 6) is -0.206. The molecule has 0 bridgehead atoms. The number of aromatic nitrogens is 1. The lowest BCUT2D eigenvalue weighted by Crippen LogP contribution is -2.11. The molecule has 3 rings (SSSR count). The van der Waals surface area contributed by atoms with Crippen molar-refractivity contribution in [1.29, 1.82) is 0 Å². The van der Waals surface area contributed by atoms with Crippen LogP contribution in [0.15, 0.2) is 72.0 Å². The van der Waals surface area contributed by atoms with Gasteiger partial charge in [0.25, 0.3) is 5.91 Å². The van der Waals surface area contributed by atoms with Gasteiger partial charge in [0.1, 0.15) is 0 Å². The number of nitrogens with zero attached hydrogens (tertiary/aromatic N) is 2. The second kappa shape index (κ2) is 7.27. The van der Waals surface area contributed by atoms with Crippen molar-refractivity contribution in [2.75, 3.05) is 16.8 Å². The average molecular weight is 331 g/mol. The minimum absolute atomic E-state index is 0.206. The Morgan fingerprint density at radius 1 is 1.08 bits per heavy atom. The van der Waals surface area contributed by atoms with Crippen molar-refractivity contribution >= 4 is 34.9 Å². The molecule has 1 amide bonds. The molecule has 6 heteroatoms. The quantitative estimate of drug-likeness (QED) is 0.504. The van der Waals surface area contributed by atoms with E-state index in [1.165, 1.54) is 6.20 Å². The van der Waals surface area contributed by atoms with E-state index in [0.29, 0.717) is 28.3 Å². The van der Waals surface area contributed by atoms with Gasteiger partial charge in [0.05, 0.1) is 16.9 Å². The van der Waals surface area contributed by atoms with E-state index in [1.54, 1.807) is 54.9 Å². The summed E-state index contributed by atoms with van der Waals surface area (Å²) in [5.41, 5.74) is 15.5. The molecule has 0 atom stereocenters. The molecule has 1 aromatic heterocycles. The van der Waals surface area contributed by atoms with E-state index in [-0.39, 0.29) is 5.91 Å². The van der Waals surface area contributed by atoms with Crippen LogP contribution in [0.4, 0.5) is 22.7 Å². The number of hydrogen-bond donors (Lipinski definition) is 3. The van der Waals surface area contributed by atoms with Crippen molar-refractivity contribution in [2.45, 2.75) is 0 Å². The summed E-state index contributed by atoms with van der Waals surface area (Å²) in [4.78, 5) is 20.4. The predicted molar refractivity (Wildman–Crippen MR) is 101 cm³/mol. The number of carbonyl (C=O) groups excluding carboxylic acids is 1. The van der Waals surface area contributed by atoms with Gasteiger partial charge >= 0.3 is 0 Å². The molecule has 25 heavy (non-hydrogen) atoms. The van der Waals surface area contributed by atoms with Gasteiger partial charge < -0.3 is 16.8 Å². The van der Waals surface area contributed by atoms with Gasteiger partial charge in [-0.3, -0.25) is 14.8 Å². The van der Waals surface area contributed by atoms with Crippen LogP contribution >= 0.6 is 0 Å². The van der Waals surface area contributed by atoms with Crippen LogP contribution in [-0.2, 0) is 0 Å². The summed E-state index contributed by atoms with van der Waals surface area (Å²) < 4.78 is 0. The molecule has 1 heterocycles. The molecule has 0 aliphatic carbocycles. The number of nitrogens with one attached hydrogen (secondary N) is 1. The Morgan fingerprint density at radius 3 is 2.60 bits per heavy atom. The van der Waals surface area contributed by atoms with Crippen molar-refractivity contribution in [3.05, 3.63) is 78.1 Å². The standard InChI is InChI=1S/C19H17N5O/c20-15-5-8-17(21)18(10-15)23-11-13-3-6-16(7-4-13)24-19(25)14-2-1-9-22-12-14/h1-12H,20-21H2,(H,24,25). The maximum atomic E-state index is 12.1. The monoisotopic (exact) mass is 331 g/mol. The number of amides is 1. The summed E-state index contributed by atoms with van der Waals surface area (Å²) in [6.45, 7) is 0. The summed E-state index contributed by atoms with van der Waals surface area (Å²) >= 11 is 0. The SMILES string of the molecule is Nc1ccc(N)c(N=Cc2ccc(NC(=O)c3cccnc3)cc2)c1. The number of rotatable bonds is 4. The summed E-state index contributed by atoms with van der Waals surface area (Å²) in [7, 11) is 0. The zero-order chi connectivity index (χ0) is 17.6. The van der Waals surface area contributed by atoms with E-state index in [4.69, 9.17) is 11.5 Å². The summed E-state index contributed by atoms with van der Waals surface area (Å²) in [6.07, 6.45) is 4.84. The van der Waals surface area contributed by atoms with E-state index in [0.717, 1.165) is 5.56 Å². The highest BCUT2D eigenvalue weighted by atomic mass is 16.1. The molecule has 2 aromatic carbocycles. The van der Waals surface area contributed by atoms with E-state index >= 15 is 0 Å². The molecule has 0 unspecified atom stereocenters. The first-order chi connectivity index (χ1) is 12.1. The van der Waals surface area contributed by atoms with Crippen LogP contribution in [-0.4, -0.2) is 17.1 Å². The third kappa shape index (κ3) is 4.20. The van der Waals surface area contributed by atoms with Crippen LogP contribution in [0.2, 0.25) is 0 Å². The van der Waals surface area contributed by atoms with Crippen LogP contribution in [0.1, 0.15) is 15.9 Å². The third-order valence-electron chi connectivity index (χ3n) is 3.50. The normalized spacial score (nSPS) is 10.7. The Hall–Kier alpha value is -3.67.